The Kier molecular flexibility index (Phi) is 5.94. The van der Waals surface area contributed by atoms with Crippen molar-refractivity contribution in [2.45, 2.75) is 13.0 Å². The van der Waals surface area contributed by atoms with Crippen molar-refractivity contribution in [1.82, 2.24) is 14.7 Å². The van der Waals surface area contributed by atoms with Gasteiger partial charge in [0.1, 0.15) is 23.9 Å². The Morgan fingerprint density at radius 2 is 1.71 bits per heavy atom. The second kappa shape index (κ2) is 9.21. The van der Waals surface area contributed by atoms with Crippen LogP contribution in [0.15, 0.2) is 65.5 Å². The molecule has 0 unspecified atom stereocenters. The molecule has 1 saturated heterocycles. The number of hydrogen-bond donors (Lipinski definition) is 0. The van der Waals surface area contributed by atoms with Crippen molar-refractivity contribution in [2.24, 2.45) is 0 Å². The van der Waals surface area contributed by atoms with Crippen LogP contribution in [-0.2, 0) is 9.59 Å². The van der Waals surface area contributed by atoms with Crippen molar-refractivity contribution in [3.8, 4) is 11.4 Å². The molecule has 0 bridgehead atoms. The van der Waals surface area contributed by atoms with E-state index >= 15 is 0 Å². The van der Waals surface area contributed by atoms with Crippen LogP contribution in [0.25, 0.3) is 5.69 Å². The van der Waals surface area contributed by atoms with E-state index in [-0.39, 0.29) is 23.9 Å². The smallest absolute Gasteiger partial charge is 0.271 e. The molecular formula is C25H24FN5O4. The number of aromatic nitrogens is 2. The molecule has 10 heteroatoms. The Balaban J connectivity index is 1.26. The number of piperazine rings is 1. The zero-order chi connectivity index (χ0) is 24.5. The van der Waals surface area contributed by atoms with Crippen molar-refractivity contribution >= 4 is 23.3 Å². The highest BCUT2D eigenvalue weighted by Gasteiger charge is 2.34. The highest BCUT2D eigenvalue weighted by atomic mass is 19.1. The van der Waals surface area contributed by atoms with E-state index < -0.39 is 11.9 Å². The van der Waals surface area contributed by atoms with Crippen LogP contribution < -0.4 is 20.1 Å². The average Bonchev–Trinajstić information content (AvgIpc) is 2.87. The maximum atomic E-state index is 13.3. The number of rotatable bonds is 4. The van der Waals surface area contributed by atoms with Gasteiger partial charge in [-0.05, 0) is 49.4 Å². The maximum Gasteiger partial charge on any atom is 0.271 e. The number of nitrogens with zero attached hydrogens (tertiary/aromatic N) is 5. The number of amides is 2. The third kappa shape index (κ3) is 4.46. The van der Waals surface area contributed by atoms with Gasteiger partial charge in [0, 0.05) is 32.2 Å². The lowest BCUT2D eigenvalue weighted by molar-refractivity contribution is -0.133. The van der Waals surface area contributed by atoms with E-state index in [0.29, 0.717) is 49.1 Å². The molecule has 2 amide bonds. The lowest BCUT2D eigenvalue weighted by Crippen LogP contribution is -2.54. The van der Waals surface area contributed by atoms with Crippen molar-refractivity contribution in [2.75, 3.05) is 42.5 Å². The number of halogens is 1. The Hall–Kier alpha value is -4.21. The van der Waals surface area contributed by atoms with Crippen LogP contribution in [-0.4, -0.2) is 65.3 Å². The zero-order valence-corrected chi connectivity index (χ0v) is 19.1. The second-order valence-corrected chi connectivity index (χ2v) is 8.44. The minimum absolute atomic E-state index is 0.0583. The second-order valence-electron chi connectivity index (χ2n) is 8.44. The van der Waals surface area contributed by atoms with Gasteiger partial charge in [0.25, 0.3) is 11.5 Å². The summed E-state index contributed by atoms with van der Waals surface area (Å²) in [4.78, 5) is 43.3. The topological polar surface area (TPSA) is 88.0 Å². The molecule has 2 aromatic carbocycles. The van der Waals surface area contributed by atoms with Crippen LogP contribution >= 0.6 is 0 Å². The fourth-order valence-electron chi connectivity index (χ4n) is 4.28. The molecule has 0 N–H and O–H groups in total. The fraction of sp³-hybridized carbons (Fsp3) is 0.280. The van der Waals surface area contributed by atoms with Gasteiger partial charge in [0.05, 0.1) is 11.4 Å². The first-order chi connectivity index (χ1) is 16.9. The van der Waals surface area contributed by atoms with Gasteiger partial charge in [0.2, 0.25) is 5.91 Å². The minimum atomic E-state index is -0.655. The molecular weight excluding hydrogens is 453 g/mol. The molecule has 1 aromatic heterocycles. The molecule has 5 rings (SSSR count). The van der Waals surface area contributed by atoms with Crippen LogP contribution in [0.4, 0.5) is 15.9 Å². The van der Waals surface area contributed by atoms with E-state index in [0.717, 1.165) is 0 Å². The summed E-state index contributed by atoms with van der Waals surface area (Å²) < 4.78 is 20.1. The van der Waals surface area contributed by atoms with E-state index in [2.05, 4.69) is 5.10 Å². The molecule has 0 radical (unpaired) electrons. The molecule has 3 aromatic rings. The molecule has 9 nitrogen and oxygen atoms in total. The van der Waals surface area contributed by atoms with E-state index in [4.69, 9.17) is 4.74 Å². The van der Waals surface area contributed by atoms with Crippen LogP contribution in [0.2, 0.25) is 0 Å². The number of para-hydroxylation sites is 2. The average molecular weight is 477 g/mol. The lowest BCUT2D eigenvalue weighted by atomic mass is 10.2. The third-order valence-electron chi connectivity index (χ3n) is 6.18. The largest absolute Gasteiger partial charge is 0.479 e. The first-order valence-corrected chi connectivity index (χ1v) is 11.4. The Labute approximate surface area is 200 Å². The number of carbonyl (C=O) groups is 2. The summed E-state index contributed by atoms with van der Waals surface area (Å²) in [5.41, 5.74) is 0.741. The van der Waals surface area contributed by atoms with Gasteiger partial charge >= 0.3 is 0 Å². The summed E-state index contributed by atoms with van der Waals surface area (Å²) in [5, 5.41) is 4.44. The molecule has 0 saturated carbocycles. The summed E-state index contributed by atoms with van der Waals surface area (Å²) in [5.74, 6) is 0.385. The van der Waals surface area contributed by atoms with Gasteiger partial charge < -0.3 is 14.5 Å². The number of ether oxygens (including phenoxy) is 1. The van der Waals surface area contributed by atoms with Gasteiger partial charge in [-0.2, -0.15) is 4.68 Å². The fourth-order valence-corrected chi connectivity index (χ4v) is 4.28. The number of anilines is 2. The zero-order valence-electron chi connectivity index (χ0n) is 19.1. The van der Waals surface area contributed by atoms with E-state index in [1.54, 1.807) is 36.1 Å². The number of benzene rings is 2. The highest BCUT2D eigenvalue weighted by Crippen LogP contribution is 2.33. The summed E-state index contributed by atoms with van der Waals surface area (Å²) >= 11 is 0. The van der Waals surface area contributed by atoms with Gasteiger partial charge in [-0.3, -0.25) is 19.3 Å². The van der Waals surface area contributed by atoms with Crippen molar-refractivity contribution in [1.29, 1.82) is 0 Å². The van der Waals surface area contributed by atoms with Crippen LogP contribution in [0, 0.1) is 5.82 Å². The molecule has 2 aliphatic rings. The van der Waals surface area contributed by atoms with E-state index in [1.807, 2.05) is 11.0 Å². The minimum Gasteiger partial charge on any atom is -0.479 e. The predicted octanol–water partition coefficient (Wildman–Crippen LogP) is 1.83. The Morgan fingerprint density at radius 3 is 2.46 bits per heavy atom. The van der Waals surface area contributed by atoms with Gasteiger partial charge in [-0.15, -0.1) is 5.10 Å². The molecule has 1 atom stereocenters. The molecule has 35 heavy (non-hydrogen) atoms. The summed E-state index contributed by atoms with van der Waals surface area (Å²) in [7, 11) is 0. The molecule has 180 valence electrons. The number of carbonyl (C=O) groups excluding carboxylic acids is 2. The highest BCUT2D eigenvalue weighted by molar-refractivity contribution is 6.03. The van der Waals surface area contributed by atoms with E-state index in [1.165, 1.54) is 39.9 Å². The Morgan fingerprint density at radius 1 is 1.00 bits per heavy atom. The first-order valence-electron chi connectivity index (χ1n) is 11.4. The maximum absolute atomic E-state index is 13.3. The summed E-state index contributed by atoms with van der Waals surface area (Å²) in [6.07, 6.45) is -0.655. The van der Waals surface area contributed by atoms with E-state index in [9.17, 15) is 18.8 Å². The van der Waals surface area contributed by atoms with Gasteiger partial charge in [-0.1, -0.05) is 12.1 Å². The van der Waals surface area contributed by atoms with Gasteiger partial charge in [-0.25, -0.2) is 4.39 Å². The summed E-state index contributed by atoms with van der Waals surface area (Å²) in [6.45, 7) is 3.55. The molecule has 0 spiro atoms. The van der Waals surface area contributed by atoms with Crippen molar-refractivity contribution in [3.05, 3.63) is 76.8 Å². The quantitative estimate of drug-likeness (QED) is 0.570. The number of fused-ring (bicyclic) bond motifs is 1. The van der Waals surface area contributed by atoms with Crippen molar-refractivity contribution in [3.63, 3.8) is 0 Å². The van der Waals surface area contributed by atoms with Crippen LogP contribution in [0.3, 0.4) is 0 Å². The molecule has 3 heterocycles. The third-order valence-corrected chi connectivity index (χ3v) is 6.18. The summed E-state index contributed by atoms with van der Waals surface area (Å²) in [6, 6.07) is 15.8. The van der Waals surface area contributed by atoms with Gasteiger partial charge in [0.15, 0.2) is 6.10 Å². The normalized spacial score (nSPS) is 17.7. The molecule has 0 aliphatic carbocycles. The van der Waals surface area contributed by atoms with Crippen LogP contribution in [0.1, 0.15) is 6.92 Å². The lowest BCUT2D eigenvalue weighted by Gasteiger charge is -2.37. The SMILES string of the molecule is C[C@H]1Oc2ccccc2N(CC(=O)N2CCN(c3ccc(=O)n(-c4ccc(F)cc4)n3)CC2)C1=O. The number of hydrogen-bond acceptors (Lipinski definition) is 6. The van der Waals surface area contributed by atoms with Crippen molar-refractivity contribution < 1.29 is 18.7 Å². The standard InChI is InChI=1S/C25H24FN5O4/c1-17-25(34)30(20-4-2-3-5-21(20)35-17)16-24(33)29-14-12-28(13-15-29)22-10-11-23(32)31(27-22)19-8-6-18(26)7-9-19/h2-11,17H,12-16H2,1H3/t17-/m1/s1. The van der Waals surface area contributed by atoms with Crippen LogP contribution in [0.5, 0.6) is 5.75 Å². The molecule has 1 fully saturated rings. The Bertz CT molecular complexity index is 1320. The monoisotopic (exact) mass is 477 g/mol. The predicted molar refractivity (Wildman–Crippen MR) is 127 cm³/mol. The molecule has 2 aliphatic heterocycles. The first kappa shape index (κ1) is 22.6.